The summed E-state index contributed by atoms with van der Waals surface area (Å²) in [5.41, 5.74) is 0.587. The summed E-state index contributed by atoms with van der Waals surface area (Å²) in [5.74, 6) is 0. The van der Waals surface area contributed by atoms with Gasteiger partial charge in [-0.15, -0.1) is 0 Å². The molecule has 0 atom stereocenters. The van der Waals surface area contributed by atoms with Gasteiger partial charge in [-0.05, 0) is 6.07 Å². The van der Waals surface area contributed by atoms with E-state index in [9.17, 15) is 10.1 Å². The second-order valence-electron chi connectivity index (χ2n) is 3.38. The van der Waals surface area contributed by atoms with E-state index in [1.54, 1.807) is 0 Å². The standard InChI is InChI=1S/C11H13N3O4/c1-17-11(18-2)7-13-10-4-3-9(14(15)16)5-8(10)6-12/h3-5,11,13H,7H2,1-2H3. The van der Waals surface area contributed by atoms with Crippen LogP contribution in [0.2, 0.25) is 0 Å². The quantitative estimate of drug-likeness (QED) is 0.467. The molecule has 0 unspecified atom stereocenters. The van der Waals surface area contributed by atoms with Gasteiger partial charge in [0.1, 0.15) is 6.07 Å². The van der Waals surface area contributed by atoms with Crippen LogP contribution in [0.15, 0.2) is 18.2 Å². The van der Waals surface area contributed by atoms with Crippen molar-refractivity contribution in [3.63, 3.8) is 0 Å². The number of methoxy groups -OCH3 is 2. The molecule has 7 heteroatoms. The number of nitro groups is 1. The molecule has 0 aliphatic carbocycles. The monoisotopic (exact) mass is 251 g/mol. The van der Waals surface area contributed by atoms with E-state index in [0.717, 1.165) is 0 Å². The predicted octanol–water partition coefficient (Wildman–Crippen LogP) is 1.50. The zero-order chi connectivity index (χ0) is 13.5. The lowest BCUT2D eigenvalue weighted by atomic mass is 10.1. The highest BCUT2D eigenvalue weighted by Gasteiger charge is 2.12. The number of benzene rings is 1. The number of ether oxygens (including phenoxy) is 2. The number of hydrogen-bond donors (Lipinski definition) is 1. The first-order chi connectivity index (χ1) is 8.62. The summed E-state index contributed by atoms with van der Waals surface area (Å²) in [4.78, 5) is 10.0. The van der Waals surface area contributed by atoms with Crippen LogP contribution in [-0.2, 0) is 9.47 Å². The van der Waals surface area contributed by atoms with Crippen LogP contribution in [0.3, 0.4) is 0 Å². The van der Waals surface area contributed by atoms with Crippen LogP contribution >= 0.6 is 0 Å². The van der Waals surface area contributed by atoms with Crippen LogP contribution in [-0.4, -0.2) is 32.0 Å². The van der Waals surface area contributed by atoms with Crippen LogP contribution in [0.1, 0.15) is 5.56 Å². The van der Waals surface area contributed by atoms with Crippen molar-refractivity contribution in [1.82, 2.24) is 0 Å². The van der Waals surface area contributed by atoms with Gasteiger partial charge >= 0.3 is 0 Å². The van der Waals surface area contributed by atoms with E-state index in [0.29, 0.717) is 12.2 Å². The number of non-ortho nitro benzene ring substituents is 1. The minimum Gasteiger partial charge on any atom is -0.379 e. The van der Waals surface area contributed by atoms with Gasteiger partial charge < -0.3 is 14.8 Å². The fourth-order valence-corrected chi connectivity index (χ4v) is 1.35. The van der Waals surface area contributed by atoms with E-state index < -0.39 is 11.2 Å². The summed E-state index contributed by atoms with van der Waals surface area (Å²) in [5, 5.41) is 22.4. The minimum absolute atomic E-state index is 0.118. The lowest BCUT2D eigenvalue weighted by Crippen LogP contribution is -2.23. The normalized spacial score (nSPS) is 10.1. The lowest BCUT2D eigenvalue weighted by Gasteiger charge is -2.15. The first-order valence-corrected chi connectivity index (χ1v) is 5.10. The number of nitro benzene ring substituents is 1. The van der Waals surface area contributed by atoms with Crippen LogP contribution in [0, 0.1) is 21.4 Å². The molecule has 7 nitrogen and oxygen atoms in total. The highest BCUT2D eigenvalue weighted by Crippen LogP contribution is 2.21. The minimum atomic E-state index is -0.544. The Kier molecular flexibility index (Phi) is 5.05. The van der Waals surface area contributed by atoms with E-state index in [4.69, 9.17) is 14.7 Å². The first-order valence-electron chi connectivity index (χ1n) is 5.10. The van der Waals surface area contributed by atoms with Gasteiger partial charge in [-0.1, -0.05) is 0 Å². The average molecular weight is 251 g/mol. The van der Waals surface area contributed by atoms with E-state index in [-0.39, 0.29) is 11.3 Å². The van der Waals surface area contributed by atoms with Crippen LogP contribution in [0.4, 0.5) is 11.4 Å². The lowest BCUT2D eigenvalue weighted by molar-refractivity contribution is -0.384. The summed E-state index contributed by atoms with van der Waals surface area (Å²) in [6, 6.07) is 5.94. The Bertz CT molecular complexity index is 466. The molecule has 0 aromatic heterocycles. The summed E-state index contributed by atoms with van der Waals surface area (Å²) < 4.78 is 9.96. The molecule has 0 radical (unpaired) electrons. The third-order valence-corrected chi connectivity index (χ3v) is 2.32. The second kappa shape index (κ2) is 6.54. The molecule has 1 rings (SSSR count). The molecular formula is C11H13N3O4. The van der Waals surface area contributed by atoms with E-state index in [1.807, 2.05) is 6.07 Å². The Hall–Kier alpha value is -2.17. The number of rotatable bonds is 6. The molecule has 1 aromatic carbocycles. The van der Waals surface area contributed by atoms with Crippen molar-refractivity contribution in [1.29, 1.82) is 5.26 Å². The van der Waals surface area contributed by atoms with Gasteiger partial charge in [0.15, 0.2) is 6.29 Å². The fraction of sp³-hybridized carbons (Fsp3) is 0.364. The highest BCUT2D eigenvalue weighted by molar-refractivity contribution is 5.61. The second-order valence-corrected chi connectivity index (χ2v) is 3.38. The van der Waals surface area contributed by atoms with Crippen molar-refractivity contribution in [2.24, 2.45) is 0 Å². The number of nitrogens with one attached hydrogen (secondary N) is 1. The third-order valence-electron chi connectivity index (χ3n) is 2.32. The Morgan fingerprint density at radius 3 is 2.67 bits per heavy atom. The summed E-state index contributed by atoms with van der Waals surface area (Å²) in [7, 11) is 2.99. The number of hydrogen-bond acceptors (Lipinski definition) is 6. The van der Waals surface area contributed by atoms with Crippen molar-refractivity contribution < 1.29 is 14.4 Å². The Morgan fingerprint density at radius 2 is 2.17 bits per heavy atom. The van der Waals surface area contributed by atoms with Crippen molar-refractivity contribution in [3.05, 3.63) is 33.9 Å². The van der Waals surface area contributed by atoms with Gasteiger partial charge in [-0.3, -0.25) is 10.1 Å². The summed E-state index contributed by atoms with van der Waals surface area (Å²) in [6.07, 6.45) is -0.452. The zero-order valence-corrected chi connectivity index (χ0v) is 10.0. The Morgan fingerprint density at radius 1 is 1.50 bits per heavy atom. The highest BCUT2D eigenvalue weighted by atomic mass is 16.7. The number of nitrogens with zero attached hydrogens (tertiary/aromatic N) is 2. The van der Waals surface area contributed by atoms with Crippen molar-refractivity contribution in [2.75, 3.05) is 26.1 Å². The molecule has 1 aromatic rings. The molecule has 0 saturated heterocycles. The molecular weight excluding hydrogens is 238 g/mol. The SMILES string of the molecule is COC(CNc1ccc([N+](=O)[O-])cc1C#N)OC. The maximum Gasteiger partial charge on any atom is 0.270 e. The summed E-state index contributed by atoms with van der Waals surface area (Å²) in [6.45, 7) is 0.333. The molecule has 0 heterocycles. The Balaban J connectivity index is 2.84. The van der Waals surface area contributed by atoms with Gasteiger partial charge in [-0.25, -0.2) is 0 Å². The topological polar surface area (TPSA) is 97.4 Å². The zero-order valence-electron chi connectivity index (χ0n) is 10.0. The van der Waals surface area contributed by atoms with Gasteiger partial charge in [0.25, 0.3) is 5.69 Å². The van der Waals surface area contributed by atoms with Gasteiger partial charge in [0.05, 0.1) is 22.7 Å². The summed E-state index contributed by atoms with van der Waals surface area (Å²) >= 11 is 0. The number of anilines is 1. The molecule has 0 aliphatic heterocycles. The Labute approximate surface area is 104 Å². The van der Waals surface area contributed by atoms with Gasteiger partial charge in [0.2, 0.25) is 0 Å². The van der Waals surface area contributed by atoms with Crippen LogP contribution in [0.5, 0.6) is 0 Å². The predicted molar refractivity (Wildman–Crippen MR) is 64.1 cm³/mol. The van der Waals surface area contributed by atoms with Crippen molar-refractivity contribution in [2.45, 2.75) is 6.29 Å². The molecule has 18 heavy (non-hydrogen) atoms. The molecule has 0 saturated carbocycles. The smallest absolute Gasteiger partial charge is 0.270 e. The molecule has 0 bridgehead atoms. The molecule has 0 fully saturated rings. The fourth-order valence-electron chi connectivity index (χ4n) is 1.35. The first kappa shape index (κ1) is 13.9. The molecule has 0 aliphatic rings. The molecule has 0 spiro atoms. The van der Waals surface area contributed by atoms with Gasteiger partial charge in [-0.2, -0.15) is 5.26 Å². The van der Waals surface area contributed by atoms with E-state index in [1.165, 1.54) is 32.4 Å². The van der Waals surface area contributed by atoms with E-state index in [2.05, 4.69) is 5.32 Å². The van der Waals surface area contributed by atoms with Crippen LogP contribution in [0.25, 0.3) is 0 Å². The maximum atomic E-state index is 10.6. The van der Waals surface area contributed by atoms with Crippen molar-refractivity contribution in [3.8, 4) is 6.07 Å². The number of nitriles is 1. The van der Waals surface area contributed by atoms with Crippen molar-refractivity contribution >= 4 is 11.4 Å². The largest absolute Gasteiger partial charge is 0.379 e. The molecule has 96 valence electrons. The maximum absolute atomic E-state index is 10.6. The molecule has 0 amide bonds. The van der Waals surface area contributed by atoms with Gasteiger partial charge in [0, 0.05) is 26.4 Å². The molecule has 1 N–H and O–H groups in total. The average Bonchev–Trinajstić information content (AvgIpc) is 2.39. The van der Waals surface area contributed by atoms with Crippen LogP contribution < -0.4 is 5.32 Å². The third kappa shape index (κ3) is 3.41. The van der Waals surface area contributed by atoms with E-state index >= 15 is 0 Å².